The van der Waals surface area contributed by atoms with Gasteiger partial charge in [0.1, 0.15) is 6.61 Å². The first kappa shape index (κ1) is 22.1. The second kappa shape index (κ2) is 7.95. The van der Waals surface area contributed by atoms with Gasteiger partial charge in [-0.25, -0.2) is 9.78 Å². The number of aromatic nitrogens is 2. The van der Waals surface area contributed by atoms with Crippen molar-refractivity contribution in [3.8, 4) is 11.4 Å². The van der Waals surface area contributed by atoms with E-state index in [2.05, 4.69) is 0 Å². The first-order valence-electron chi connectivity index (χ1n) is 11.3. The Bertz CT molecular complexity index is 1430. The van der Waals surface area contributed by atoms with Gasteiger partial charge in [0.2, 0.25) is 0 Å². The van der Waals surface area contributed by atoms with Crippen molar-refractivity contribution in [2.24, 2.45) is 0 Å². The molecule has 9 nitrogen and oxygen atoms in total. The Kier molecular flexibility index (Phi) is 5.16. The molecule has 2 aliphatic rings. The molecule has 176 valence electrons. The van der Waals surface area contributed by atoms with E-state index >= 15 is 0 Å². The zero-order valence-electron chi connectivity index (χ0n) is 19.0. The van der Waals surface area contributed by atoms with E-state index in [1.807, 2.05) is 24.3 Å². The summed E-state index contributed by atoms with van der Waals surface area (Å²) in [5.74, 6) is -1.12. The van der Waals surface area contributed by atoms with Crippen LogP contribution in [0.25, 0.3) is 22.3 Å². The average molecular weight is 463 g/mol. The van der Waals surface area contributed by atoms with Gasteiger partial charge >= 0.3 is 11.9 Å². The normalized spacial score (nSPS) is 18.3. The van der Waals surface area contributed by atoms with Crippen LogP contribution in [0.1, 0.15) is 48.9 Å². The van der Waals surface area contributed by atoms with Gasteiger partial charge in [-0.3, -0.25) is 9.59 Å². The highest BCUT2D eigenvalue weighted by molar-refractivity contribution is 5.93. The molecule has 1 atom stereocenters. The summed E-state index contributed by atoms with van der Waals surface area (Å²) < 4.78 is 11.8. The number of hydrogen-bond acceptors (Lipinski definition) is 8. The zero-order chi connectivity index (χ0) is 24.2. The number of carbonyl (C=O) groups excluding carboxylic acids is 2. The van der Waals surface area contributed by atoms with Crippen molar-refractivity contribution in [3.05, 3.63) is 56.9 Å². The standard InChI is InChI=1S/C25H25N3O6/c1-3-25(32)19-16(12-34-24(25)31)23(30)28-11-15-13(9-10-18(29)33-4-2)14-7-5-6-8-17(14)27-21(15)22(28)20(19)26/h5-8,32H,3-4,9-12,26H2,1-2H3/t25-/m0/s1. The van der Waals surface area contributed by atoms with E-state index in [9.17, 15) is 19.5 Å². The summed E-state index contributed by atoms with van der Waals surface area (Å²) >= 11 is 0. The molecular formula is C25H25N3O6. The van der Waals surface area contributed by atoms with Gasteiger partial charge in [-0.1, -0.05) is 25.1 Å². The van der Waals surface area contributed by atoms with Crippen LogP contribution in [0, 0.1) is 0 Å². The lowest BCUT2D eigenvalue weighted by Crippen LogP contribution is -2.45. The number of hydrogen-bond donors (Lipinski definition) is 2. The van der Waals surface area contributed by atoms with Crippen LogP contribution in [0.4, 0.5) is 5.69 Å². The van der Waals surface area contributed by atoms with Crippen molar-refractivity contribution in [1.29, 1.82) is 0 Å². The average Bonchev–Trinajstić information content (AvgIpc) is 3.22. The number of fused-ring (bicyclic) bond motifs is 5. The number of benzene rings is 1. The zero-order valence-corrected chi connectivity index (χ0v) is 19.0. The molecule has 0 aliphatic carbocycles. The summed E-state index contributed by atoms with van der Waals surface area (Å²) in [6.07, 6.45) is 0.602. The van der Waals surface area contributed by atoms with Crippen LogP contribution in [0.15, 0.2) is 29.1 Å². The van der Waals surface area contributed by atoms with Crippen molar-refractivity contribution in [2.75, 3.05) is 12.3 Å². The number of esters is 2. The van der Waals surface area contributed by atoms with Crippen molar-refractivity contribution in [3.63, 3.8) is 0 Å². The van der Waals surface area contributed by atoms with Gasteiger partial charge in [-0.15, -0.1) is 0 Å². The molecule has 0 spiro atoms. The molecule has 2 aromatic heterocycles. The fourth-order valence-corrected chi connectivity index (χ4v) is 5.08. The minimum Gasteiger partial charge on any atom is -0.466 e. The van der Waals surface area contributed by atoms with Crippen molar-refractivity contribution in [2.45, 2.75) is 51.9 Å². The van der Waals surface area contributed by atoms with Crippen LogP contribution in [-0.4, -0.2) is 33.2 Å². The maximum Gasteiger partial charge on any atom is 0.343 e. The van der Waals surface area contributed by atoms with Gasteiger partial charge in [0.05, 0.1) is 41.3 Å². The Balaban J connectivity index is 1.76. The molecule has 34 heavy (non-hydrogen) atoms. The number of carbonyl (C=O) groups is 2. The summed E-state index contributed by atoms with van der Waals surface area (Å²) in [6.45, 7) is 3.67. The summed E-state index contributed by atoms with van der Waals surface area (Å²) in [5, 5.41) is 12.0. The third kappa shape index (κ3) is 3.03. The van der Waals surface area contributed by atoms with Crippen molar-refractivity contribution < 1.29 is 24.2 Å². The number of nitrogen functional groups attached to an aromatic ring is 1. The number of para-hydroxylation sites is 1. The highest BCUT2D eigenvalue weighted by Crippen LogP contribution is 2.45. The van der Waals surface area contributed by atoms with E-state index in [0.29, 0.717) is 29.9 Å². The molecule has 9 heteroatoms. The molecule has 0 saturated carbocycles. The predicted molar refractivity (Wildman–Crippen MR) is 124 cm³/mol. The second-order valence-corrected chi connectivity index (χ2v) is 8.54. The number of nitrogens with zero attached hydrogens (tertiary/aromatic N) is 2. The number of pyridine rings is 2. The van der Waals surface area contributed by atoms with E-state index in [1.165, 1.54) is 4.57 Å². The molecule has 4 heterocycles. The minimum absolute atomic E-state index is 0.00865. The smallest absolute Gasteiger partial charge is 0.343 e. The SMILES string of the molecule is CCOC(=O)CCc1c2c(nc3ccccc13)-c1c(N)c3c(c(=O)n1C2)COC(=O)[C@]3(O)CC. The van der Waals surface area contributed by atoms with Crippen LogP contribution < -0.4 is 11.3 Å². The van der Waals surface area contributed by atoms with E-state index in [-0.39, 0.29) is 54.3 Å². The lowest BCUT2D eigenvalue weighted by Gasteiger charge is -2.33. The van der Waals surface area contributed by atoms with Gasteiger partial charge < -0.3 is 24.9 Å². The van der Waals surface area contributed by atoms with Gasteiger partial charge in [0.15, 0.2) is 5.60 Å². The van der Waals surface area contributed by atoms with E-state index in [1.54, 1.807) is 13.8 Å². The molecule has 0 fully saturated rings. The maximum absolute atomic E-state index is 13.5. The molecule has 5 rings (SSSR count). The fourth-order valence-electron chi connectivity index (χ4n) is 5.08. The van der Waals surface area contributed by atoms with Crippen molar-refractivity contribution in [1.82, 2.24) is 9.55 Å². The molecule has 0 amide bonds. The van der Waals surface area contributed by atoms with Gasteiger partial charge in [-0.05, 0) is 31.4 Å². The molecule has 2 aliphatic heterocycles. The molecule has 0 bridgehead atoms. The van der Waals surface area contributed by atoms with Gasteiger partial charge in [0.25, 0.3) is 5.56 Å². The number of nitrogens with two attached hydrogens (primary N) is 1. The van der Waals surface area contributed by atoms with Crippen LogP contribution in [0.3, 0.4) is 0 Å². The Labute approximate surface area is 195 Å². The number of rotatable bonds is 5. The first-order valence-corrected chi connectivity index (χ1v) is 11.3. The molecule has 0 saturated heterocycles. The largest absolute Gasteiger partial charge is 0.466 e. The Morgan fingerprint density at radius 2 is 2.03 bits per heavy atom. The van der Waals surface area contributed by atoms with Crippen LogP contribution in [-0.2, 0) is 44.2 Å². The van der Waals surface area contributed by atoms with Crippen LogP contribution >= 0.6 is 0 Å². The van der Waals surface area contributed by atoms with E-state index in [0.717, 1.165) is 16.5 Å². The number of aliphatic hydroxyl groups is 1. The number of cyclic esters (lactones) is 1. The number of anilines is 1. The number of aryl methyl sites for hydroxylation is 1. The predicted octanol–water partition coefficient (Wildman–Crippen LogP) is 2.16. The first-order chi connectivity index (χ1) is 16.3. The summed E-state index contributed by atoms with van der Waals surface area (Å²) in [6, 6.07) is 7.56. The second-order valence-electron chi connectivity index (χ2n) is 8.54. The van der Waals surface area contributed by atoms with Gasteiger partial charge in [0, 0.05) is 22.9 Å². The van der Waals surface area contributed by atoms with Crippen molar-refractivity contribution >= 4 is 28.5 Å². The Morgan fingerprint density at radius 1 is 1.26 bits per heavy atom. The third-order valence-electron chi connectivity index (χ3n) is 6.75. The van der Waals surface area contributed by atoms with Crippen LogP contribution in [0.5, 0.6) is 0 Å². The quantitative estimate of drug-likeness (QED) is 0.430. The molecule has 3 N–H and O–H groups in total. The lowest BCUT2D eigenvalue weighted by molar-refractivity contribution is -0.172. The molecule has 0 radical (unpaired) electrons. The highest BCUT2D eigenvalue weighted by atomic mass is 16.6. The molecule has 0 unspecified atom stereocenters. The lowest BCUT2D eigenvalue weighted by atomic mass is 9.84. The van der Waals surface area contributed by atoms with E-state index in [4.69, 9.17) is 20.2 Å². The van der Waals surface area contributed by atoms with Gasteiger partial charge in [-0.2, -0.15) is 0 Å². The summed E-state index contributed by atoms with van der Waals surface area (Å²) in [7, 11) is 0. The highest BCUT2D eigenvalue weighted by Gasteiger charge is 2.47. The van der Waals surface area contributed by atoms with E-state index < -0.39 is 11.6 Å². The third-order valence-corrected chi connectivity index (χ3v) is 6.75. The topological polar surface area (TPSA) is 134 Å². The fraction of sp³-hybridized carbons (Fsp3) is 0.360. The molecule has 1 aromatic carbocycles. The minimum atomic E-state index is -2.00. The molecular weight excluding hydrogens is 438 g/mol. The summed E-state index contributed by atoms with van der Waals surface area (Å²) in [5.41, 5.74) is 7.91. The van der Waals surface area contributed by atoms with Crippen LogP contribution in [0.2, 0.25) is 0 Å². The number of ether oxygens (including phenoxy) is 2. The summed E-state index contributed by atoms with van der Waals surface area (Å²) in [4.78, 5) is 42.9. The Hall–Kier alpha value is -3.72. The maximum atomic E-state index is 13.5. The molecule has 3 aromatic rings. The monoisotopic (exact) mass is 463 g/mol. The Morgan fingerprint density at radius 3 is 2.76 bits per heavy atom.